The summed E-state index contributed by atoms with van der Waals surface area (Å²) < 4.78 is 5.10. The van der Waals surface area contributed by atoms with E-state index in [2.05, 4.69) is 5.32 Å². The molecule has 3 rings (SSSR count). The van der Waals surface area contributed by atoms with Crippen molar-refractivity contribution in [3.05, 3.63) is 70.8 Å². The van der Waals surface area contributed by atoms with E-state index in [1.807, 2.05) is 13.8 Å². The van der Waals surface area contributed by atoms with Gasteiger partial charge < -0.3 is 10.1 Å². The van der Waals surface area contributed by atoms with Crippen LogP contribution in [0.5, 0.6) is 0 Å². The van der Waals surface area contributed by atoms with Crippen LogP contribution in [-0.4, -0.2) is 41.2 Å². The Hall–Kier alpha value is -3.48. The van der Waals surface area contributed by atoms with Gasteiger partial charge in [0.25, 0.3) is 17.7 Å². The van der Waals surface area contributed by atoms with E-state index in [9.17, 15) is 19.2 Å². The van der Waals surface area contributed by atoms with Gasteiger partial charge in [-0.15, -0.1) is 0 Å². The summed E-state index contributed by atoms with van der Waals surface area (Å²) in [5.74, 6) is -1.71. The fourth-order valence-electron chi connectivity index (χ4n) is 3.34. The van der Waals surface area contributed by atoms with Gasteiger partial charge in [-0.2, -0.15) is 0 Å². The zero-order chi connectivity index (χ0) is 21.7. The van der Waals surface area contributed by atoms with Gasteiger partial charge in [-0.1, -0.05) is 38.1 Å². The highest BCUT2D eigenvalue weighted by Crippen LogP contribution is 2.24. The quantitative estimate of drug-likeness (QED) is 0.536. The van der Waals surface area contributed by atoms with Crippen LogP contribution in [0.15, 0.2) is 48.5 Å². The zero-order valence-corrected chi connectivity index (χ0v) is 17.0. The number of ether oxygens (including phenoxy) is 1. The number of rotatable bonds is 8. The molecule has 0 bridgehead atoms. The molecule has 0 saturated carbocycles. The average molecular weight is 408 g/mol. The maximum absolute atomic E-state index is 12.5. The second-order valence-electron chi connectivity index (χ2n) is 7.10. The van der Waals surface area contributed by atoms with Crippen molar-refractivity contribution in [1.29, 1.82) is 0 Å². The predicted molar refractivity (Wildman–Crippen MR) is 110 cm³/mol. The third-order valence-corrected chi connectivity index (χ3v) is 5.07. The van der Waals surface area contributed by atoms with Gasteiger partial charge in [-0.3, -0.25) is 19.3 Å². The van der Waals surface area contributed by atoms with Gasteiger partial charge in [0.15, 0.2) is 6.61 Å². The largest absolute Gasteiger partial charge is 0.452 e. The Morgan fingerprint density at radius 2 is 1.60 bits per heavy atom. The van der Waals surface area contributed by atoms with Crippen molar-refractivity contribution in [2.75, 3.05) is 6.61 Å². The zero-order valence-electron chi connectivity index (χ0n) is 17.0. The molecule has 1 aliphatic rings. The van der Waals surface area contributed by atoms with Crippen LogP contribution >= 0.6 is 0 Å². The topological polar surface area (TPSA) is 92.8 Å². The Kier molecular flexibility index (Phi) is 6.61. The Morgan fingerprint density at radius 3 is 2.20 bits per heavy atom. The molecule has 7 nitrogen and oxygen atoms in total. The Bertz CT molecular complexity index is 946. The molecule has 0 saturated heterocycles. The maximum atomic E-state index is 12.5. The first-order chi connectivity index (χ1) is 14.4. The van der Waals surface area contributed by atoms with Crippen LogP contribution in [0, 0.1) is 0 Å². The van der Waals surface area contributed by atoms with Crippen LogP contribution in [0.3, 0.4) is 0 Å². The van der Waals surface area contributed by atoms with Crippen molar-refractivity contribution in [3.8, 4) is 0 Å². The molecule has 0 atom stereocenters. The van der Waals surface area contributed by atoms with E-state index in [0.717, 1.165) is 17.7 Å². The highest BCUT2D eigenvalue weighted by Gasteiger charge is 2.35. The van der Waals surface area contributed by atoms with Gasteiger partial charge in [-0.05, 0) is 42.7 Å². The number of benzene rings is 2. The molecule has 0 spiro atoms. The summed E-state index contributed by atoms with van der Waals surface area (Å²) in [7, 11) is 0. The molecule has 0 unspecified atom stereocenters. The van der Waals surface area contributed by atoms with E-state index >= 15 is 0 Å². The van der Waals surface area contributed by atoms with E-state index in [1.54, 1.807) is 48.5 Å². The smallest absolute Gasteiger partial charge is 0.338 e. The number of imide groups is 1. The molecule has 156 valence electrons. The molecule has 2 aromatic carbocycles. The summed E-state index contributed by atoms with van der Waals surface area (Å²) in [5, 5.41) is 2.80. The number of amides is 3. The van der Waals surface area contributed by atoms with E-state index in [0.29, 0.717) is 16.7 Å². The van der Waals surface area contributed by atoms with Crippen molar-refractivity contribution >= 4 is 23.7 Å². The molecule has 0 aromatic heterocycles. The Labute approximate surface area is 175 Å². The standard InChI is InChI=1S/C23H24N2O5/c1-3-17(4-2)24-20(26)14-30-23(29)16-9-7-8-15(12-16)13-25-21(27)18-10-5-6-11-19(18)22(25)28/h5-12,17H,3-4,13-14H2,1-2H3,(H,24,26). The molecule has 0 aliphatic carbocycles. The van der Waals surface area contributed by atoms with E-state index < -0.39 is 5.97 Å². The fourth-order valence-corrected chi connectivity index (χ4v) is 3.34. The SMILES string of the molecule is CCC(CC)NC(=O)COC(=O)c1cccc(CN2C(=O)c3ccccc3C2=O)c1. The lowest BCUT2D eigenvalue weighted by atomic mass is 10.1. The molecule has 7 heteroatoms. The van der Waals surface area contributed by atoms with E-state index in [1.165, 1.54) is 0 Å². The first-order valence-electron chi connectivity index (χ1n) is 9.95. The van der Waals surface area contributed by atoms with Gasteiger partial charge in [0.2, 0.25) is 0 Å². The molecule has 2 aromatic rings. The molecule has 3 amide bonds. The second kappa shape index (κ2) is 9.35. The summed E-state index contributed by atoms with van der Waals surface area (Å²) in [6.45, 7) is 3.63. The van der Waals surface area contributed by atoms with E-state index in [4.69, 9.17) is 4.74 Å². The fraction of sp³-hybridized carbons (Fsp3) is 0.304. The van der Waals surface area contributed by atoms with Crippen molar-refractivity contribution in [2.45, 2.75) is 39.3 Å². The number of esters is 1. The number of nitrogens with zero attached hydrogens (tertiary/aromatic N) is 1. The van der Waals surface area contributed by atoms with Gasteiger partial charge in [0.05, 0.1) is 23.2 Å². The molecule has 0 fully saturated rings. The maximum Gasteiger partial charge on any atom is 0.338 e. The summed E-state index contributed by atoms with van der Waals surface area (Å²) in [4.78, 5) is 50.4. The molecule has 0 radical (unpaired) electrons. The van der Waals surface area contributed by atoms with Crippen molar-refractivity contribution < 1.29 is 23.9 Å². The normalized spacial score (nSPS) is 12.8. The number of carbonyl (C=O) groups excluding carboxylic acids is 4. The first kappa shape index (κ1) is 21.2. The Morgan fingerprint density at radius 1 is 0.967 bits per heavy atom. The highest BCUT2D eigenvalue weighted by molar-refractivity contribution is 6.21. The third kappa shape index (κ3) is 4.56. The summed E-state index contributed by atoms with van der Waals surface area (Å²) in [6, 6.07) is 13.2. The summed E-state index contributed by atoms with van der Waals surface area (Å²) in [5.41, 5.74) is 1.61. The molecular weight excluding hydrogens is 384 g/mol. The lowest BCUT2D eigenvalue weighted by molar-refractivity contribution is -0.125. The van der Waals surface area contributed by atoms with Crippen molar-refractivity contribution in [1.82, 2.24) is 10.2 Å². The molecule has 1 N–H and O–H groups in total. The van der Waals surface area contributed by atoms with Crippen molar-refractivity contribution in [3.63, 3.8) is 0 Å². The predicted octanol–water partition coefficient (Wildman–Crippen LogP) is 2.94. The number of hydrogen-bond donors (Lipinski definition) is 1. The molecule has 1 heterocycles. The van der Waals surface area contributed by atoms with Gasteiger partial charge >= 0.3 is 5.97 Å². The van der Waals surface area contributed by atoms with Crippen LogP contribution in [0.25, 0.3) is 0 Å². The summed E-state index contributed by atoms with van der Waals surface area (Å²) in [6.07, 6.45) is 1.60. The Balaban J connectivity index is 1.63. The minimum absolute atomic E-state index is 0.0443. The third-order valence-electron chi connectivity index (χ3n) is 5.07. The van der Waals surface area contributed by atoms with E-state index in [-0.39, 0.29) is 42.5 Å². The van der Waals surface area contributed by atoms with Gasteiger partial charge in [-0.25, -0.2) is 4.79 Å². The minimum Gasteiger partial charge on any atom is -0.452 e. The van der Waals surface area contributed by atoms with Crippen LogP contribution in [0.1, 0.15) is 63.3 Å². The second-order valence-corrected chi connectivity index (χ2v) is 7.10. The highest BCUT2D eigenvalue weighted by atomic mass is 16.5. The van der Waals surface area contributed by atoms with Gasteiger partial charge in [0.1, 0.15) is 0 Å². The molecule has 1 aliphatic heterocycles. The van der Waals surface area contributed by atoms with Crippen LogP contribution < -0.4 is 5.32 Å². The lowest BCUT2D eigenvalue weighted by Gasteiger charge is -2.15. The molecular formula is C23H24N2O5. The van der Waals surface area contributed by atoms with Gasteiger partial charge in [0, 0.05) is 6.04 Å². The van der Waals surface area contributed by atoms with Crippen LogP contribution in [-0.2, 0) is 16.1 Å². The number of nitrogens with one attached hydrogen (secondary N) is 1. The monoisotopic (exact) mass is 408 g/mol. The first-order valence-corrected chi connectivity index (χ1v) is 9.95. The summed E-state index contributed by atoms with van der Waals surface area (Å²) >= 11 is 0. The minimum atomic E-state index is -0.640. The number of carbonyl (C=O) groups is 4. The van der Waals surface area contributed by atoms with Crippen LogP contribution in [0.4, 0.5) is 0 Å². The number of hydrogen-bond acceptors (Lipinski definition) is 5. The average Bonchev–Trinajstić information content (AvgIpc) is 3.01. The van der Waals surface area contributed by atoms with Crippen molar-refractivity contribution in [2.24, 2.45) is 0 Å². The molecule has 30 heavy (non-hydrogen) atoms. The lowest BCUT2D eigenvalue weighted by Crippen LogP contribution is -2.36. The van der Waals surface area contributed by atoms with Crippen LogP contribution in [0.2, 0.25) is 0 Å². The number of fused-ring (bicyclic) bond motifs is 1.